The number of hydrogen-bond acceptors (Lipinski definition) is 3. The van der Waals surface area contributed by atoms with E-state index in [4.69, 9.17) is 0 Å². The number of hydrogen-bond donors (Lipinski definition) is 1. The number of H-pyrrole nitrogens is 1. The minimum Gasteiger partial charge on any atom is -0.343 e. The molecule has 0 aliphatic heterocycles. The Morgan fingerprint density at radius 1 is 1.38 bits per heavy atom. The van der Waals surface area contributed by atoms with Crippen molar-refractivity contribution in [2.75, 3.05) is 0 Å². The monoisotopic (exact) mass is 293 g/mol. The molecule has 1 N–H and O–H groups in total. The molecule has 0 atom stereocenters. The number of nitrogens with one attached hydrogen (secondary N) is 1. The first-order chi connectivity index (χ1) is 7.75. The fourth-order valence-electron chi connectivity index (χ4n) is 1.84. The third-order valence-corrected chi connectivity index (χ3v) is 3.51. The lowest BCUT2D eigenvalue weighted by atomic mass is 10.1. The largest absolute Gasteiger partial charge is 0.343 e. The van der Waals surface area contributed by atoms with Crippen LogP contribution in [0.4, 0.5) is 0 Å². The van der Waals surface area contributed by atoms with Crippen molar-refractivity contribution in [2.24, 2.45) is 0 Å². The molecule has 16 heavy (non-hydrogen) atoms. The second-order valence-electron chi connectivity index (χ2n) is 3.55. The van der Waals surface area contributed by atoms with Crippen molar-refractivity contribution in [1.29, 1.82) is 0 Å². The van der Waals surface area contributed by atoms with E-state index in [1.54, 1.807) is 17.5 Å². The maximum Gasteiger partial charge on any atom is 0.138 e. The van der Waals surface area contributed by atoms with Gasteiger partial charge in [-0.3, -0.25) is 0 Å². The molecule has 0 aromatic carbocycles. The van der Waals surface area contributed by atoms with Gasteiger partial charge in [0.1, 0.15) is 5.65 Å². The molecule has 0 unspecified atom stereocenters. The topological polar surface area (TPSA) is 41.6 Å². The number of nitrogens with zero attached hydrogens (tertiary/aromatic N) is 2. The van der Waals surface area contributed by atoms with Crippen molar-refractivity contribution in [2.45, 2.75) is 6.92 Å². The molecule has 3 nitrogen and oxygen atoms in total. The molecule has 0 aliphatic rings. The van der Waals surface area contributed by atoms with Gasteiger partial charge in [-0.05, 0) is 28.9 Å². The summed E-state index contributed by atoms with van der Waals surface area (Å²) in [5.41, 5.74) is 6.01. The van der Waals surface area contributed by atoms with Crippen LogP contribution in [0.1, 0.15) is 5.69 Å². The Labute approximate surface area is 105 Å². The fraction of sp³-hybridized carbons (Fsp3) is 0.0909. The second kappa shape index (κ2) is 3.68. The molecule has 3 heterocycles. The molecule has 0 fully saturated rings. The zero-order chi connectivity index (χ0) is 11.1. The van der Waals surface area contributed by atoms with E-state index in [9.17, 15) is 0 Å². The molecule has 0 bridgehead atoms. The third-order valence-electron chi connectivity index (χ3n) is 2.49. The van der Waals surface area contributed by atoms with Gasteiger partial charge >= 0.3 is 0 Å². The molecular formula is C11H8BrN3S. The van der Waals surface area contributed by atoms with Crippen LogP contribution in [0.2, 0.25) is 0 Å². The average molecular weight is 294 g/mol. The summed E-state index contributed by atoms with van der Waals surface area (Å²) in [7, 11) is 0. The molecule has 0 aliphatic carbocycles. The Morgan fingerprint density at radius 3 is 3.00 bits per heavy atom. The average Bonchev–Trinajstić information content (AvgIpc) is 2.83. The Hall–Kier alpha value is -1.20. The van der Waals surface area contributed by atoms with Gasteiger partial charge in [0.15, 0.2) is 0 Å². The molecule has 0 saturated heterocycles. The number of fused-ring (bicyclic) bond motifs is 1. The second-order valence-corrected chi connectivity index (χ2v) is 5.18. The summed E-state index contributed by atoms with van der Waals surface area (Å²) < 4.78 is 0.982. The van der Waals surface area contributed by atoms with Crippen LogP contribution in [-0.4, -0.2) is 15.0 Å². The number of rotatable bonds is 1. The standard InChI is InChI=1S/C11H8BrN3S/c1-6-10(9-4-16-5-14-9)8-2-7(12)3-13-11(8)15-6/h2-5H,1H3,(H,13,15). The summed E-state index contributed by atoms with van der Waals surface area (Å²) in [4.78, 5) is 12.0. The number of halogens is 1. The molecule has 5 heteroatoms. The van der Waals surface area contributed by atoms with Crippen molar-refractivity contribution in [3.05, 3.63) is 33.3 Å². The predicted molar refractivity (Wildman–Crippen MR) is 69.6 cm³/mol. The van der Waals surface area contributed by atoms with Crippen LogP contribution in [0.3, 0.4) is 0 Å². The van der Waals surface area contributed by atoms with Gasteiger partial charge in [-0.15, -0.1) is 11.3 Å². The lowest BCUT2D eigenvalue weighted by Gasteiger charge is -1.96. The first-order valence-corrected chi connectivity index (χ1v) is 6.51. The van der Waals surface area contributed by atoms with Gasteiger partial charge < -0.3 is 4.98 Å². The summed E-state index contributed by atoms with van der Waals surface area (Å²) in [5, 5.41) is 3.16. The molecule has 3 aromatic rings. The minimum absolute atomic E-state index is 0.906. The highest BCUT2D eigenvalue weighted by Crippen LogP contribution is 2.32. The highest BCUT2D eigenvalue weighted by Gasteiger charge is 2.12. The summed E-state index contributed by atoms with van der Waals surface area (Å²) in [6, 6.07) is 2.07. The zero-order valence-corrected chi connectivity index (χ0v) is 10.9. The Balaban J connectivity index is 2.38. The summed E-state index contributed by atoms with van der Waals surface area (Å²) in [6.45, 7) is 2.05. The van der Waals surface area contributed by atoms with Crippen LogP contribution >= 0.6 is 27.3 Å². The van der Waals surface area contributed by atoms with Crippen LogP contribution in [0.25, 0.3) is 22.3 Å². The highest BCUT2D eigenvalue weighted by molar-refractivity contribution is 9.10. The van der Waals surface area contributed by atoms with Crippen molar-refractivity contribution >= 4 is 38.3 Å². The van der Waals surface area contributed by atoms with Gasteiger partial charge in [0, 0.05) is 32.7 Å². The van der Waals surface area contributed by atoms with Gasteiger partial charge in [-0.1, -0.05) is 0 Å². The summed E-state index contributed by atoms with van der Waals surface area (Å²) in [5.74, 6) is 0. The van der Waals surface area contributed by atoms with E-state index in [0.29, 0.717) is 0 Å². The number of thiazole rings is 1. The Bertz CT molecular complexity index is 643. The van der Waals surface area contributed by atoms with Crippen LogP contribution in [0.15, 0.2) is 27.6 Å². The van der Waals surface area contributed by atoms with Crippen molar-refractivity contribution < 1.29 is 0 Å². The van der Waals surface area contributed by atoms with Crippen LogP contribution in [-0.2, 0) is 0 Å². The lowest BCUT2D eigenvalue weighted by molar-refractivity contribution is 1.24. The van der Waals surface area contributed by atoms with Crippen molar-refractivity contribution in [3.8, 4) is 11.3 Å². The SMILES string of the molecule is Cc1[nH]c2ncc(Br)cc2c1-c1cscn1. The van der Waals surface area contributed by atoms with E-state index < -0.39 is 0 Å². The number of aromatic amines is 1. The maximum atomic E-state index is 4.35. The molecule has 0 saturated carbocycles. The smallest absolute Gasteiger partial charge is 0.138 e. The third kappa shape index (κ3) is 1.47. The van der Waals surface area contributed by atoms with E-state index >= 15 is 0 Å². The van der Waals surface area contributed by atoms with Gasteiger partial charge in [0.25, 0.3) is 0 Å². The van der Waals surface area contributed by atoms with Gasteiger partial charge in [-0.2, -0.15) is 0 Å². The molecule has 3 aromatic heterocycles. The number of pyridine rings is 1. The molecular weight excluding hydrogens is 286 g/mol. The number of aromatic nitrogens is 3. The summed E-state index contributed by atoms with van der Waals surface area (Å²) in [6.07, 6.45) is 1.79. The van der Waals surface area contributed by atoms with Gasteiger partial charge in [0.05, 0.1) is 11.2 Å². The molecule has 0 amide bonds. The van der Waals surface area contributed by atoms with E-state index in [0.717, 1.165) is 32.5 Å². The normalized spacial score (nSPS) is 11.1. The Morgan fingerprint density at radius 2 is 2.25 bits per heavy atom. The van der Waals surface area contributed by atoms with E-state index in [1.807, 2.05) is 12.4 Å². The van der Waals surface area contributed by atoms with Crippen molar-refractivity contribution in [1.82, 2.24) is 15.0 Å². The van der Waals surface area contributed by atoms with Crippen LogP contribution in [0, 0.1) is 6.92 Å². The molecule has 0 spiro atoms. The summed E-state index contributed by atoms with van der Waals surface area (Å²) >= 11 is 5.05. The van der Waals surface area contributed by atoms with Gasteiger partial charge in [-0.25, -0.2) is 9.97 Å². The first-order valence-electron chi connectivity index (χ1n) is 4.78. The van der Waals surface area contributed by atoms with Crippen LogP contribution < -0.4 is 0 Å². The molecule has 3 rings (SSSR count). The van der Waals surface area contributed by atoms with E-state index in [2.05, 4.69) is 42.3 Å². The molecule has 0 radical (unpaired) electrons. The molecule has 80 valence electrons. The number of aryl methyl sites for hydroxylation is 1. The van der Waals surface area contributed by atoms with E-state index in [1.165, 1.54) is 0 Å². The Kier molecular flexibility index (Phi) is 2.29. The van der Waals surface area contributed by atoms with Crippen molar-refractivity contribution in [3.63, 3.8) is 0 Å². The van der Waals surface area contributed by atoms with E-state index in [-0.39, 0.29) is 0 Å². The zero-order valence-electron chi connectivity index (χ0n) is 8.49. The quantitative estimate of drug-likeness (QED) is 0.742. The fourth-order valence-corrected chi connectivity index (χ4v) is 2.71. The maximum absolute atomic E-state index is 4.35. The lowest BCUT2D eigenvalue weighted by Crippen LogP contribution is -1.79. The van der Waals surface area contributed by atoms with Crippen LogP contribution in [0.5, 0.6) is 0 Å². The van der Waals surface area contributed by atoms with Gasteiger partial charge in [0.2, 0.25) is 0 Å². The minimum atomic E-state index is 0.906. The first kappa shape index (κ1) is 9.99. The predicted octanol–water partition coefficient (Wildman–Crippen LogP) is 3.76. The highest BCUT2D eigenvalue weighted by atomic mass is 79.9.